The monoisotopic (exact) mass is 248 g/mol. The Bertz CT molecular complexity index is 444. The Kier molecular flexibility index (Phi) is 4.24. The average molecular weight is 248 g/mol. The molecule has 0 radical (unpaired) electrons. The second-order valence-corrected chi connectivity index (χ2v) is 5.47. The summed E-state index contributed by atoms with van der Waals surface area (Å²) >= 11 is 0. The summed E-state index contributed by atoms with van der Waals surface area (Å²) in [6, 6.07) is 6.18. The van der Waals surface area contributed by atoms with Crippen molar-refractivity contribution in [3.8, 4) is 0 Å². The molecular weight excluding hydrogens is 228 g/mol. The van der Waals surface area contributed by atoms with Gasteiger partial charge in [0.1, 0.15) is 0 Å². The lowest BCUT2D eigenvalue weighted by Gasteiger charge is -2.25. The van der Waals surface area contributed by atoms with Crippen LogP contribution in [-0.4, -0.2) is 17.7 Å². The highest BCUT2D eigenvalue weighted by atomic mass is 16.2. The molecule has 0 saturated carbocycles. The van der Waals surface area contributed by atoms with E-state index < -0.39 is 6.04 Å². The van der Waals surface area contributed by atoms with Crippen LogP contribution in [0.2, 0.25) is 0 Å². The van der Waals surface area contributed by atoms with E-state index in [0.29, 0.717) is 11.3 Å². The van der Waals surface area contributed by atoms with E-state index in [2.05, 4.69) is 5.32 Å². The zero-order valence-electron chi connectivity index (χ0n) is 11.3. The van der Waals surface area contributed by atoms with Crippen molar-refractivity contribution in [3.05, 3.63) is 29.8 Å². The van der Waals surface area contributed by atoms with Crippen molar-refractivity contribution in [1.29, 1.82) is 0 Å². The summed E-state index contributed by atoms with van der Waals surface area (Å²) in [4.78, 5) is 23.0. The smallest absolute Gasteiger partial charge is 0.241 e. The van der Waals surface area contributed by atoms with Crippen molar-refractivity contribution in [2.75, 3.05) is 5.32 Å². The van der Waals surface area contributed by atoms with Crippen molar-refractivity contribution < 1.29 is 9.59 Å². The number of ketones is 1. The lowest BCUT2D eigenvalue weighted by Crippen LogP contribution is -2.45. The van der Waals surface area contributed by atoms with E-state index in [0.717, 1.165) is 0 Å². The van der Waals surface area contributed by atoms with E-state index >= 15 is 0 Å². The fourth-order valence-corrected chi connectivity index (χ4v) is 1.40. The number of anilines is 1. The number of hydrogen-bond donors (Lipinski definition) is 2. The van der Waals surface area contributed by atoms with Gasteiger partial charge in [0.25, 0.3) is 0 Å². The molecule has 1 amide bonds. The van der Waals surface area contributed by atoms with Gasteiger partial charge >= 0.3 is 0 Å². The number of amides is 1. The van der Waals surface area contributed by atoms with Crippen LogP contribution in [0.25, 0.3) is 0 Å². The Labute approximate surface area is 108 Å². The highest BCUT2D eigenvalue weighted by Gasteiger charge is 2.27. The highest BCUT2D eigenvalue weighted by Crippen LogP contribution is 2.19. The van der Waals surface area contributed by atoms with Gasteiger partial charge in [0, 0.05) is 11.3 Å². The zero-order chi connectivity index (χ0) is 13.9. The average Bonchev–Trinajstić information content (AvgIpc) is 2.27. The van der Waals surface area contributed by atoms with Gasteiger partial charge in [-0.3, -0.25) is 9.59 Å². The molecule has 0 spiro atoms. The number of carbonyl (C=O) groups is 2. The number of rotatable bonds is 3. The standard InChI is InChI=1S/C14H20N2O2/c1-9(17)10-5-7-11(8-6-10)16-13(18)12(15)14(2,3)4/h5-8,12H,15H2,1-4H3,(H,16,18)/t12-/m1/s1. The maximum atomic E-state index is 11.9. The fraction of sp³-hybridized carbons (Fsp3) is 0.429. The van der Waals surface area contributed by atoms with Crippen molar-refractivity contribution in [2.45, 2.75) is 33.7 Å². The summed E-state index contributed by atoms with van der Waals surface area (Å²) in [5.74, 6) is -0.225. The number of benzene rings is 1. The number of hydrogen-bond acceptors (Lipinski definition) is 3. The maximum Gasteiger partial charge on any atom is 0.241 e. The Hall–Kier alpha value is -1.68. The number of Topliss-reactive ketones (excluding diaryl/α,β-unsaturated/α-hetero) is 1. The maximum absolute atomic E-state index is 11.9. The van der Waals surface area contributed by atoms with E-state index in [-0.39, 0.29) is 17.1 Å². The van der Waals surface area contributed by atoms with Gasteiger partial charge in [-0.1, -0.05) is 20.8 Å². The number of carbonyl (C=O) groups excluding carboxylic acids is 2. The first-order valence-corrected chi connectivity index (χ1v) is 5.89. The van der Waals surface area contributed by atoms with Gasteiger partial charge in [0.15, 0.2) is 5.78 Å². The minimum atomic E-state index is -0.579. The molecule has 0 aliphatic carbocycles. The molecule has 0 aliphatic rings. The third kappa shape index (κ3) is 3.67. The molecule has 4 nitrogen and oxygen atoms in total. The first kappa shape index (κ1) is 14.4. The molecule has 0 aliphatic heterocycles. The molecule has 4 heteroatoms. The van der Waals surface area contributed by atoms with Gasteiger partial charge in [-0.2, -0.15) is 0 Å². The molecule has 0 bridgehead atoms. The van der Waals surface area contributed by atoms with E-state index in [4.69, 9.17) is 5.73 Å². The Morgan fingerprint density at radius 1 is 1.17 bits per heavy atom. The van der Waals surface area contributed by atoms with Gasteiger partial charge in [-0.05, 0) is 36.6 Å². The van der Waals surface area contributed by atoms with E-state index in [1.165, 1.54) is 6.92 Å². The van der Waals surface area contributed by atoms with Gasteiger partial charge < -0.3 is 11.1 Å². The Morgan fingerprint density at radius 3 is 2.06 bits per heavy atom. The minimum Gasteiger partial charge on any atom is -0.325 e. The molecule has 0 heterocycles. The molecule has 1 aromatic carbocycles. The van der Waals surface area contributed by atoms with Crippen LogP contribution < -0.4 is 11.1 Å². The quantitative estimate of drug-likeness (QED) is 0.805. The first-order valence-electron chi connectivity index (χ1n) is 5.89. The topological polar surface area (TPSA) is 72.2 Å². The van der Waals surface area contributed by atoms with E-state index in [1.807, 2.05) is 20.8 Å². The summed E-state index contributed by atoms with van der Waals surface area (Å²) in [7, 11) is 0. The van der Waals surface area contributed by atoms with Gasteiger partial charge in [-0.25, -0.2) is 0 Å². The second kappa shape index (κ2) is 5.31. The summed E-state index contributed by atoms with van der Waals surface area (Å²) < 4.78 is 0. The fourth-order valence-electron chi connectivity index (χ4n) is 1.40. The summed E-state index contributed by atoms with van der Waals surface area (Å²) in [5.41, 5.74) is 6.83. The Balaban J connectivity index is 2.74. The number of nitrogens with one attached hydrogen (secondary N) is 1. The van der Waals surface area contributed by atoms with Gasteiger partial charge in [0.2, 0.25) is 5.91 Å². The van der Waals surface area contributed by atoms with E-state index in [1.54, 1.807) is 24.3 Å². The molecular formula is C14H20N2O2. The van der Waals surface area contributed by atoms with Crippen LogP contribution >= 0.6 is 0 Å². The van der Waals surface area contributed by atoms with Crippen LogP contribution in [0.15, 0.2) is 24.3 Å². The minimum absolute atomic E-state index is 0.000676. The third-order valence-electron chi connectivity index (χ3n) is 2.77. The largest absolute Gasteiger partial charge is 0.325 e. The zero-order valence-corrected chi connectivity index (χ0v) is 11.3. The normalized spacial score (nSPS) is 12.9. The van der Waals surface area contributed by atoms with Crippen LogP contribution in [-0.2, 0) is 4.79 Å². The lowest BCUT2D eigenvalue weighted by atomic mass is 9.87. The molecule has 1 atom stereocenters. The van der Waals surface area contributed by atoms with Crippen molar-refractivity contribution in [2.24, 2.45) is 11.1 Å². The van der Waals surface area contributed by atoms with Crippen molar-refractivity contribution >= 4 is 17.4 Å². The molecule has 0 aromatic heterocycles. The molecule has 0 unspecified atom stereocenters. The van der Waals surface area contributed by atoms with Crippen LogP contribution in [0, 0.1) is 5.41 Å². The van der Waals surface area contributed by atoms with Crippen molar-refractivity contribution in [1.82, 2.24) is 0 Å². The molecule has 0 saturated heterocycles. The third-order valence-corrected chi connectivity index (χ3v) is 2.77. The SMILES string of the molecule is CC(=O)c1ccc(NC(=O)[C@@H](N)C(C)(C)C)cc1. The highest BCUT2D eigenvalue weighted by molar-refractivity contribution is 5.97. The lowest BCUT2D eigenvalue weighted by molar-refractivity contribution is -0.119. The predicted octanol–water partition coefficient (Wildman–Crippen LogP) is 2.20. The molecule has 0 fully saturated rings. The molecule has 98 valence electrons. The van der Waals surface area contributed by atoms with E-state index in [9.17, 15) is 9.59 Å². The van der Waals surface area contributed by atoms with Crippen LogP contribution in [0.4, 0.5) is 5.69 Å². The first-order chi connectivity index (χ1) is 8.21. The van der Waals surface area contributed by atoms with Crippen LogP contribution in [0.5, 0.6) is 0 Å². The predicted molar refractivity (Wildman–Crippen MR) is 72.5 cm³/mol. The second-order valence-electron chi connectivity index (χ2n) is 5.47. The van der Waals surface area contributed by atoms with Crippen LogP contribution in [0.3, 0.4) is 0 Å². The molecule has 1 rings (SSSR count). The summed E-state index contributed by atoms with van der Waals surface area (Å²) in [5, 5.41) is 2.74. The molecule has 18 heavy (non-hydrogen) atoms. The van der Waals surface area contributed by atoms with Crippen LogP contribution in [0.1, 0.15) is 38.1 Å². The molecule has 3 N–H and O–H groups in total. The summed E-state index contributed by atoms with van der Waals surface area (Å²) in [6.45, 7) is 7.24. The summed E-state index contributed by atoms with van der Waals surface area (Å²) in [6.07, 6.45) is 0. The Morgan fingerprint density at radius 2 is 1.67 bits per heavy atom. The van der Waals surface area contributed by atoms with Crippen molar-refractivity contribution in [3.63, 3.8) is 0 Å². The molecule has 1 aromatic rings. The van der Waals surface area contributed by atoms with Gasteiger partial charge in [-0.15, -0.1) is 0 Å². The van der Waals surface area contributed by atoms with Gasteiger partial charge in [0.05, 0.1) is 6.04 Å². The number of nitrogens with two attached hydrogens (primary N) is 1.